The van der Waals surface area contributed by atoms with E-state index < -0.39 is 0 Å². The number of hydrogen-bond donors (Lipinski definition) is 0. The summed E-state index contributed by atoms with van der Waals surface area (Å²) in [6, 6.07) is 10.1. The molecule has 0 aliphatic carbocycles. The predicted octanol–water partition coefficient (Wildman–Crippen LogP) is 3.25. The van der Waals surface area contributed by atoms with Gasteiger partial charge in [-0.1, -0.05) is 30.3 Å². The smallest absolute Gasteiger partial charge is 0.157 e. The number of benzene rings is 1. The molecule has 0 radical (unpaired) electrons. The molecule has 0 atom stereocenters. The first-order chi connectivity index (χ1) is 7.86. The number of rotatable bonds is 6. The normalized spacial score (nSPS) is 9.94. The number of methoxy groups -OCH3 is 2. The second-order valence-corrected chi connectivity index (χ2v) is 3.40. The molecule has 1 rings (SSSR count). The van der Waals surface area contributed by atoms with E-state index in [1.807, 2.05) is 42.5 Å². The predicted molar refractivity (Wildman–Crippen MR) is 66.0 cm³/mol. The van der Waals surface area contributed by atoms with Crippen molar-refractivity contribution in [1.82, 2.24) is 0 Å². The molecule has 1 aromatic carbocycles. The molecule has 0 saturated carbocycles. The maximum atomic E-state index is 5.08. The zero-order chi connectivity index (χ0) is 11.6. The van der Waals surface area contributed by atoms with Crippen LogP contribution in [0.4, 0.5) is 0 Å². The second kappa shape index (κ2) is 7.89. The summed E-state index contributed by atoms with van der Waals surface area (Å²) < 4.78 is 10.2. The lowest BCUT2D eigenvalue weighted by Gasteiger charge is -2.10. The average Bonchev–Trinajstić information content (AvgIpc) is 2.35. The molecule has 0 unspecified atom stereocenters. The van der Waals surface area contributed by atoms with Gasteiger partial charge >= 0.3 is 0 Å². The van der Waals surface area contributed by atoms with Crippen LogP contribution in [-0.4, -0.2) is 20.5 Å². The number of hydrogen-bond acceptors (Lipinski definition) is 2. The lowest BCUT2D eigenvalue weighted by molar-refractivity contribution is -0.105. The standard InChI is InChI=1S/C14H18O2/c1-15-14(16-2)12-8-4-7-11-13-9-5-3-6-10-13/h3-6,9-11,14H,8,12H2,1-2H3. The van der Waals surface area contributed by atoms with Gasteiger partial charge < -0.3 is 9.47 Å². The molecule has 2 nitrogen and oxygen atoms in total. The fraction of sp³-hybridized carbons (Fsp3) is 0.357. The molecule has 0 amide bonds. The first-order valence-corrected chi connectivity index (χ1v) is 5.38. The third-order valence-corrected chi connectivity index (χ3v) is 2.24. The Morgan fingerprint density at radius 2 is 1.88 bits per heavy atom. The van der Waals surface area contributed by atoms with Gasteiger partial charge in [-0.15, -0.1) is 5.73 Å². The van der Waals surface area contributed by atoms with Crippen LogP contribution >= 0.6 is 0 Å². The van der Waals surface area contributed by atoms with E-state index in [1.54, 1.807) is 14.2 Å². The Kier molecular flexibility index (Phi) is 6.28. The van der Waals surface area contributed by atoms with E-state index in [0.29, 0.717) is 0 Å². The SMILES string of the molecule is COC(CCC=C=Cc1ccccc1)OC. The largest absolute Gasteiger partial charge is 0.356 e. The summed E-state index contributed by atoms with van der Waals surface area (Å²) in [5, 5.41) is 0. The maximum absolute atomic E-state index is 5.08. The highest BCUT2D eigenvalue weighted by Gasteiger charge is 2.01. The molecule has 0 saturated heterocycles. The molecule has 0 aliphatic heterocycles. The minimum absolute atomic E-state index is 0.116. The molecular weight excluding hydrogens is 200 g/mol. The molecule has 0 aromatic heterocycles. The van der Waals surface area contributed by atoms with E-state index in [4.69, 9.17) is 9.47 Å². The molecule has 1 aromatic rings. The van der Waals surface area contributed by atoms with Crippen molar-refractivity contribution in [2.75, 3.05) is 14.2 Å². The summed E-state index contributed by atoms with van der Waals surface area (Å²) in [5.74, 6) is 0. The van der Waals surface area contributed by atoms with Crippen molar-refractivity contribution in [1.29, 1.82) is 0 Å². The van der Waals surface area contributed by atoms with Gasteiger partial charge in [0.15, 0.2) is 6.29 Å². The summed E-state index contributed by atoms with van der Waals surface area (Å²) in [7, 11) is 3.30. The van der Waals surface area contributed by atoms with Crippen molar-refractivity contribution in [3.63, 3.8) is 0 Å². The van der Waals surface area contributed by atoms with E-state index in [2.05, 4.69) is 5.73 Å². The Labute approximate surface area is 97.2 Å². The molecule has 0 aliphatic rings. The second-order valence-electron chi connectivity index (χ2n) is 3.40. The third kappa shape index (κ3) is 4.94. The van der Waals surface area contributed by atoms with Crippen LogP contribution in [0.1, 0.15) is 18.4 Å². The summed E-state index contributed by atoms with van der Waals surface area (Å²) in [5.41, 5.74) is 4.31. The zero-order valence-corrected chi connectivity index (χ0v) is 9.85. The lowest BCUT2D eigenvalue weighted by atomic mass is 10.2. The van der Waals surface area contributed by atoms with Crippen molar-refractivity contribution in [2.45, 2.75) is 19.1 Å². The van der Waals surface area contributed by atoms with E-state index in [-0.39, 0.29) is 6.29 Å². The summed E-state index contributed by atoms with van der Waals surface area (Å²) in [6.45, 7) is 0. The Morgan fingerprint density at radius 3 is 2.50 bits per heavy atom. The van der Waals surface area contributed by atoms with Gasteiger partial charge in [-0.25, -0.2) is 0 Å². The fourth-order valence-electron chi connectivity index (χ4n) is 1.34. The van der Waals surface area contributed by atoms with Crippen molar-refractivity contribution in [2.24, 2.45) is 0 Å². The van der Waals surface area contributed by atoms with Crippen LogP contribution in [0.15, 0.2) is 42.1 Å². The molecule has 0 spiro atoms. The van der Waals surface area contributed by atoms with Gasteiger partial charge in [-0.05, 0) is 24.1 Å². The van der Waals surface area contributed by atoms with Gasteiger partial charge in [0.25, 0.3) is 0 Å². The van der Waals surface area contributed by atoms with E-state index in [1.165, 1.54) is 0 Å². The average molecular weight is 218 g/mol. The topological polar surface area (TPSA) is 18.5 Å². The van der Waals surface area contributed by atoms with Crippen LogP contribution in [0.25, 0.3) is 6.08 Å². The molecule has 16 heavy (non-hydrogen) atoms. The number of ether oxygens (including phenoxy) is 2. The Morgan fingerprint density at radius 1 is 1.19 bits per heavy atom. The highest BCUT2D eigenvalue weighted by atomic mass is 16.7. The Balaban J connectivity index is 2.35. The van der Waals surface area contributed by atoms with Crippen LogP contribution in [-0.2, 0) is 9.47 Å². The Hall–Kier alpha value is -1.34. The third-order valence-electron chi connectivity index (χ3n) is 2.24. The van der Waals surface area contributed by atoms with E-state index in [9.17, 15) is 0 Å². The summed E-state index contributed by atoms with van der Waals surface area (Å²) >= 11 is 0. The fourth-order valence-corrected chi connectivity index (χ4v) is 1.34. The van der Waals surface area contributed by atoms with Crippen LogP contribution in [0.5, 0.6) is 0 Å². The van der Waals surface area contributed by atoms with Gasteiger partial charge in [0, 0.05) is 20.6 Å². The Bertz CT molecular complexity index is 333. The van der Waals surface area contributed by atoms with Crippen molar-refractivity contribution >= 4 is 6.08 Å². The van der Waals surface area contributed by atoms with E-state index >= 15 is 0 Å². The molecule has 0 N–H and O–H groups in total. The molecule has 0 fully saturated rings. The van der Waals surface area contributed by atoms with Crippen LogP contribution in [0, 0.1) is 0 Å². The summed E-state index contributed by atoms with van der Waals surface area (Å²) in [4.78, 5) is 0. The minimum Gasteiger partial charge on any atom is -0.356 e. The zero-order valence-electron chi connectivity index (χ0n) is 9.85. The van der Waals surface area contributed by atoms with Crippen LogP contribution in [0.3, 0.4) is 0 Å². The first kappa shape index (κ1) is 12.7. The van der Waals surface area contributed by atoms with Crippen molar-refractivity contribution < 1.29 is 9.47 Å². The molecule has 0 heterocycles. The minimum atomic E-state index is -0.116. The van der Waals surface area contributed by atoms with Gasteiger partial charge in [-0.2, -0.15) is 0 Å². The molecular formula is C14H18O2. The quantitative estimate of drug-likeness (QED) is 0.539. The van der Waals surface area contributed by atoms with Crippen molar-refractivity contribution in [3.8, 4) is 0 Å². The lowest BCUT2D eigenvalue weighted by Crippen LogP contribution is -2.11. The van der Waals surface area contributed by atoms with E-state index in [0.717, 1.165) is 18.4 Å². The van der Waals surface area contributed by atoms with Gasteiger partial charge in [0.05, 0.1) is 0 Å². The van der Waals surface area contributed by atoms with Gasteiger partial charge in [0.1, 0.15) is 0 Å². The number of allylic oxidation sites excluding steroid dienone is 1. The van der Waals surface area contributed by atoms with Crippen LogP contribution < -0.4 is 0 Å². The van der Waals surface area contributed by atoms with Gasteiger partial charge in [-0.3, -0.25) is 0 Å². The first-order valence-electron chi connectivity index (χ1n) is 5.38. The van der Waals surface area contributed by atoms with Crippen molar-refractivity contribution in [3.05, 3.63) is 47.7 Å². The highest BCUT2D eigenvalue weighted by molar-refractivity contribution is 5.47. The maximum Gasteiger partial charge on any atom is 0.157 e. The molecule has 0 bridgehead atoms. The highest BCUT2D eigenvalue weighted by Crippen LogP contribution is 2.03. The monoisotopic (exact) mass is 218 g/mol. The summed E-state index contributed by atoms with van der Waals surface area (Å²) in [6.07, 6.45) is 5.60. The molecule has 86 valence electrons. The van der Waals surface area contributed by atoms with Gasteiger partial charge in [0.2, 0.25) is 0 Å². The molecule has 2 heteroatoms. The van der Waals surface area contributed by atoms with Crippen LogP contribution in [0.2, 0.25) is 0 Å².